The molecule has 0 saturated heterocycles. The Hall–Kier alpha value is -3.29. The first-order valence-electron chi connectivity index (χ1n) is 8.22. The normalized spacial score (nSPS) is 15.9. The Labute approximate surface area is 153 Å². The molecule has 2 aromatic carbocycles. The fourth-order valence-corrected chi connectivity index (χ4v) is 2.98. The SMILES string of the molecule is Cc1nc2n(n1)C(c1ccc(F)cc1)C=C(c1ccc(OC(F)F)cc1)N2. The second-order valence-corrected chi connectivity index (χ2v) is 6.03. The number of ether oxygens (including phenoxy) is 1. The Morgan fingerprint density at radius 2 is 1.78 bits per heavy atom. The van der Waals surface area contributed by atoms with Crippen LogP contribution < -0.4 is 10.1 Å². The summed E-state index contributed by atoms with van der Waals surface area (Å²) in [4.78, 5) is 4.38. The number of benzene rings is 2. The predicted molar refractivity (Wildman–Crippen MR) is 94.0 cm³/mol. The van der Waals surface area contributed by atoms with E-state index in [1.54, 1.807) is 35.9 Å². The molecule has 3 aromatic rings. The summed E-state index contributed by atoms with van der Waals surface area (Å²) in [6, 6.07) is 12.2. The maximum Gasteiger partial charge on any atom is 0.387 e. The number of alkyl halides is 2. The highest BCUT2D eigenvalue weighted by Crippen LogP contribution is 2.33. The van der Waals surface area contributed by atoms with Gasteiger partial charge in [0.05, 0.1) is 0 Å². The fraction of sp³-hybridized carbons (Fsp3) is 0.158. The smallest absolute Gasteiger partial charge is 0.387 e. The monoisotopic (exact) mass is 372 g/mol. The molecule has 1 aromatic heterocycles. The summed E-state index contributed by atoms with van der Waals surface area (Å²) in [6.07, 6.45) is 1.93. The van der Waals surface area contributed by atoms with Crippen LogP contribution in [0.5, 0.6) is 5.75 Å². The standard InChI is InChI=1S/C19H15F3N4O/c1-11-23-19-24-16(12-4-8-15(9-5-12)27-18(21)22)10-17(26(19)25-11)13-2-6-14(20)7-3-13/h2-10,17-18H,1H3,(H,23,24,25). The highest BCUT2D eigenvalue weighted by atomic mass is 19.3. The molecule has 5 nitrogen and oxygen atoms in total. The van der Waals surface area contributed by atoms with Crippen LogP contribution in [0, 0.1) is 12.7 Å². The minimum atomic E-state index is -2.87. The molecule has 0 saturated carbocycles. The molecule has 0 fully saturated rings. The molecule has 1 aliphatic rings. The summed E-state index contributed by atoms with van der Waals surface area (Å²) in [5.41, 5.74) is 2.36. The molecule has 138 valence electrons. The first kappa shape index (κ1) is 17.1. The quantitative estimate of drug-likeness (QED) is 0.738. The Morgan fingerprint density at radius 3 is 2.44 bits per heavy atom. The van der Waals surface area contributed by atoms with Crippen LogP contribution in [-0.2, 0) is 0 Å². The van der Waals surface area contributed by atoms with Gasteiger partial charge in [-0.2, -0.15) is 18.9 Å². The summed E-state index contributed by atoms with van der Waals surface area (Å²) >= 11 is 0. The van der Waals surface area contributed by atoms with Crippen molar-refractivity contribution >= 4 is 11.6 Å². The van der Waals surface area contributed by atoms with Gasteiger partial charge in [-0.25, -0.2) is 9.07 Å². The number of hydrogen-bond acceptors (Lipinski definition) is 4. The van der Waals surface area contributed by atoms with Crippen molar-refractivity contribution in [1.82, 2.24) is 14.8 Å². The third-order valence-electron chi connectivity index (χ3n) is 4.17. The number of halogens is 3. The van der Waals surface area contributed by atoms with Gasteiger partial charge in [0.15, 0.2) is 0 Å². The Kier molecular flexibility index (Phi) is 4.31. The number of anilines is 1. The van der Waals surface area contributed by atoms with E-state index in [1.807, 2.05) is 6.08 Å². The van der Waals surface area contributed by atoms with Crippen LogP contribution in [0.2, 0.25) is 0 Å². The summed E-state index contributed by atoms with van der Waals surface area (Å²) in [5.74, 6) is 0.910. The molecular formula is C19H15F3N4O. The second-order valence-electron chi connectivity index (χ2n) is 6.03. The highest BCUT2D eigenvalue weighted by Gasteiger charge is 2.24. The highest BCUT2D eigenvalue weighted by molar-refractivity contribution is 5.77. The van der Waals surface area contributed by atoms with E-state index in [0.717, 1.165) is 16.8 Å². The number of rotatable bonds is 4. The van der Waals surface area contributed by atoms with Crippen molar-refractivity contribution in [2.24, 2.45) is 0 Å². The average Bonchev–Trinajstić information content (AvgIpc) is 3.02. The number of nitrogens with one attached hydrogen (secondary N) is 1. The van der Waals surface area contributed by atoms with Gasteiger partial charge >= 0.3 is 6.61 Å². The molecule has 0 radical (unpaired) electrons. The minimum absolute atomic E-state index is 0.0826. The van der Waals surface area contributed by atoms with E-state index < -0.39 is 6.61 Å². The van der Waals surface area contributed by atoms with Crippen LogP contribution in [0.4, 0.5) is 19.1 Å². The molecule has 8 heteroatoms. The Morgan fingerprint density at radius 1 is 1.07 bits per heavy atom. The van der Waals surface area contributed by atoms with Gasteiger partial charge in [-0.1, -0.05) is 12.1 Å². The molecule has 0 amide bonds. The Balaban J connectivity index is 1.71. The number of hydrogen-bond donors (Lipinski definition) is 1. The third-order valence-corrected chi connectivity index (χ3v) is 4.17. The van der Waals surface area contributed by atoms with Gasteiger partial charge in [0.25, 0.3) is 0 Å². The molecule has 2 heterocycles. The van der Waals surface area contributed by atoms with Gasteiger partial charge in [0.2, 0.25) is 5.95 Å². The van der Waals surface area contributed by atoms with Crippen molar-refractivity contribution in [2.45, 2.75) is 19.6 Å². The van der Waals surface area contributed by atoms with Crippen LogP contribution >= 0.6 is 0 Å². The predicted octanol–water partition coefficient (Wildman–Crippen LogP) is 4.38. The summed E-state index contributed by atoms with van der Waals surface area (Å²) < 4.78 is 44.0. The van der Waals surface area contributed by atoms with Crippen LogP contribution in [-0.4, -0.2) is 21.4 Å². The lowest BCUT2D eigenvalue weighted by Gasteiger charge is -2.24. The number of aromatic nitrogens is 3. The van der Waals surface area contributed by atoms with E-state index in [4.69, 9.17) is 0 Å². The van der Waals surface area contributed by atoms with Crippen LogP contribution in [0.3, 0.4) is 0 Å². The lowest BCUT2D eigenvalue weighted by Crippen LogP contribution is -2.20. The molecule has 0 bridgehead atoms. The number of fused-ring (bicyclic) bond motifs is 1. The Bertz CT molecular complexity index is 981. The fourth-order valence-electron chi connectivity index (χ4n) is 2.98. The van der Waals surface area contributed by atoms with Crippen molar-refractivity contribution in [3.05, 3.63) is 77.4 Å². The van der Waals surface area contributed by atoms with E-state index in [0.29, 0.717) is 11.8 Å². The molecular weight excluding hydrogens is 357 g/mol. The van der Waals surface area contributed by atoms with Crippen LogP contribution in [0.15, 0.2) is 54.6 Å². The molecule has 1 aliphatic heterocycles. The van der Waals surface area contributed by atoms with Gasteiger partial charge in [-0.3, -0.25) is 0 Å². The zero-order valence-corrected chi connectivity index (χ0v) is 14.2. The number of aryl methyl sites for hydroxylation is 1. The van der Waals surface area contributed by atoms with E-state index in [2.05, 4.69) is 20.1 Å². The molecule has 1 atom stereocenters. The maximum atomic E-state index is 13.3. The van der Waals surface area contributed by atoms with E-state index in [9.17, 15) is 13.2 Å². The summed E-state index contributed by atoms with van der Waals surface area (Å²) in [7, 11) is 0. The molecule has 27 heavy (non-hydrogen) atoms. The van der Waals surface area contributed by atoms with Crippen molar-refractivity contribution < 1.29 is 17.9 Å². The van der Waals surface area contributed by atoms with Crippen LogP contribution in [0.1, 0.15) is 23.0 Å². The zero-order valence-electron chi connectivity index (χ0n) is 14.2. The average molecular weight is 372 g/mol. The van der Waals surface area contributed by atoms with Gasteiger partial charge in [-0.05, 0) is 60.5 Å². The molecule has 4 rings (SSSR count). The van der Waals surface area contributed by atoms with Gasteiger partial charge in [0.1, 0.15) is 23.4 Å². The number of allylic oxidation sites excluding steroid dienone is 1. The van der Waals surface area contributed by atoms with Gasteiger partial charge in [-0.15, -0.1) is 0 Å². The largest absolute Gasteiger partial charge is 0.435 e. The second kappa shape index (κ2) is 6.79. The lowest BCUT2D eigenvalue weighted by molar-refractivity contribution is -0.0498. The lowest BCUT2D eigenvalue weighted by atomic mass is 10.0. The first-order valence-corrected chi connectivity index (χ1v) is 8.22. The van der Waals surface area contributed by atoms with Gasteiger partial charge in [0, 0.05) is 5.70 Å². The van der Waals surface area contributed by atoms with Gasteiger partial charge < -0.3 is 10.1 Å². The zero-order chi connectivity index (χ0) is 19.0. The molecule has 1 N–H and O–H groups in total. The third kappa shape index (κ3) is 3.51. The molecule has 0 spiro atoms. The topological polar surface area (TPSA) is 52.0 Å². The van der Waals surface area contributed by atoms with Crippen molar-refractivity contribution in [3.8, 4) is 5.75 Å². The maximum absolute atomic E-state index is 13.3. The van der Waals surface area contributed by atoms with Crippen molar-refractivity contribution in [2.75, 3.05) is 5.32 Å². The number of nitrogens with zero attached hydrogens (tertiary/aromatic N) is 3. The summed E-state index contributed by atoms with van der Waals surface area (Å²) in [5, 5.41) is 7.60. The van der Waals surface area contributed by atoms with E-state index in [1.165, 1.54) is 24.3 Å². The van der Waals surface area contributed by atoms with Crippen molar-refractivity contribution in [1.29, 1.82) is 0 Å². The first-order chi connectivity index (χ1) is 13.0. The van der Waals surface area contributed by atoms with Crippen LogP contribution in [0.25, 0.3) is 5.70 Å². The summed E-state index contributed by atoms with van der Waals surface area (Å²) in [6.45, 7) is -1.09. The van der Waals surface area contributed by atoms with Crippen molar-refractivity contribution in [3.63, 3.8) is 0 Å². The van der Waals surface area contributed by atoms with E-state index in [-0.39, 0.29) is 17.6 Å². The van der Waals surface area contributed by atoms with E-state index >= 15 is 0 Å². The molecule has 1 unspecified atom stereocenters. The molecule has 0 aliphatic carbocycles. The minimum Gasteiger partial charge on any atom is -0.435 e.